The third kappa shape index (κ3) is 0.913. The van der Waals surface area contributed by atoms with Gasteiger partial charge in [0, 0.05) is 13.2 Å². The van der Waals surface area contributed by atoms with Gasteiger partial charge in [0.2, 0.25) is 0 Å². The highest BCUT2D eigenvalue weighted by Crippen LogP contribution is 1.92. The van der Waals surface area contributed by atoms with Gasteiger partial charge in [-0.3, -0.25) is 0 Å². The van der Waals surface area contributed by atoms with Gasteiger partial charge < -0.3 is 9.57 Å². The molecule has 0 aromatic heterocycles. The monoisotopic (exact) mass is 100 g/mol. The summed E-state index contributed by atoms with van der Waals surface area (Å²) in [6.07, 6.45) is 3.97. The Bertz CT molecular complexity index is 81.8. The number of rotatable bonds is 1. The zero-order chi connectivity index (χ0) is 5.11. The largest absolute Gasteiger partial charge is 0.413 e. The highest BCUT2D eigenvalue weighted by molar-refractivity contribution is 4.74. The Morgan fingerprint density at radius 3 is 3.14 bits per heavy atom. The highest BCUT2D eigenvalue weighted by atomic mass is 16.7. The Kier molecular flexibility index (Phi) is 1.29. The van der Waals surface area contributed by atoms with Crippen LogP contribution in [-0.4, -0.2) is 13.3 Å². The average Bonchev–Trinajstić information content (AvgIpc) is 2.14. The SMILES string of the molecule is COC1[C]=CON1. The molecule has 0 aromatic carbocycles. The highest BCUT2D eigenvalue weighted by Gasteiger charge is 2.05. The van der Waals surface area contributed by atoms with Crippen LogP contribution in [0.2, 0.25) is 0 Å². The van der Waals surface area contributed by atoms with Crippen molar-refractivity contribution in [3.63, 3.8) is 0 Å². The standard InChI is InChI=1S/C4H6NO2/c1-6-4-2-3-7-5-4/h3-5H,1H3. The predicted octanol–water partition coefficient (Wildman–Crippen LogP) is -0.189. The van der Waals surface area contributed by atoms with Crippen LogP contribution in [0, 0.1) is 6.08 Å². The molecule has 1 unspecified atom stereocenters. The Hall–Kier alpha value is -0.540. The molecular formula is C4H6NO2. The van der Waals surface area contributed by atoms with Gasteiger partial charge in [0.15, 0.2) is 6.23 Å². The van der Waals surface area contributed by atoms with Crippen LogP contribution in [-0.2, 0) is 9.57 Å². The molecule has 0 aliphatic carbocycles. The Morgan fingerprint density at radius 1 is 2.00 bits per heavy atom. The van der Waals surface area contributed by atoms with E-state index in [9.17, 15) is 0 Å². The first-order valence-electron chi connectivity index (χ1n) is 1.95. The molecule has 1 aliphatic rings. The van der Waals surface area contributed by atoms with E-state index in [-0.39, 0.29) is 6.23 Å². The van der Waals surface area contributed by atoms with Gasteiger partial charge in [0.25, 0.3) is 0 Å². The summed E-state index contributed by atoms with van der Waals surface area (Å²) in [6.45, 7) is 0. The van der Waals surface area contributed by atoms with E-state index in [0.29, 0.717) is 0 Å². The van der Waals surface area contributed by atoms with Crippen LogP contribution in [0.4, 0.5) is 0 Å². The van der Waals surface area contributed by atoms with E-state index in [1.165, 1.54) is 6.26 Å². The van der Waals surface area contributed by atoms with E-state index in [4.69, 9.17) is 4.74 Å². The fourth-order valence-corrected chi connectivity index (χ4v) is 0.342. The van der Waals surface area contributed by atoms with Crippen LogP contribution >= 0.6 is 0 Å². The maximum absolute atomic E-state index is 4.73. The van der Waals surface area contributed by atoms with Crippen LogP contribution < -0.4 is 5.48 Å². The van der Waals surface area contributed by atoms with Gasteiger partial charge in [0.05, 0.1) is 0 Å². The maximum atomic E-state index is 4.73. The average molecular weight is 100 g/mol. The molecule has 3 nitrogen and oxygen atoms in total. The number of ether oxygens (including phenoxy) is 1. The summed E-state index contributed by atoms with van der Waals surface area (Å²) in [7, 11) is 1.58. The molecule has 0 spiro atoms. The first-order valence-corrected chi connectivity index (χ1v) is 1.95. The van der Waals surface area contributed by atoms with Crippen LogP contribution in [0.5, 0.6) is 0 Å². The van der Waals surface area contributed by atoms with Gasteiger partial charge in [-0.15, -0.1) is 5.48 Å². The molecule has 1 aliphatic heterocycles. The quantitative estimate of drug-likeness (QED) is 0.495. The lowest BCUT2D eigenvalue weighted by Gasteiger charge is -2.00. The third-order valence-corrected chi connectivity index (χ3v) is 0.689. The van der Waals surface area contributed by atoms with E-state index >= 15 is 0 Å². The molecule has 0 saturated heterocycles. The summed E-state index contributed by atoms with van der Waals surface area (Å²) in [5, 5.41) is 0. The Labute approximate surface area is 41.9 Å². The van der Waals surface area contributed by atoms with Crippen LogP contribution in [0.25, 0.3) is 0 Å². The van der Waals surface area contributed by atoms with Gasteiger partial charge in [-0.1, -0.05) is 0 Å². The zero-order valence-electron chi connectivity index (χ0n) is 3.97. The zero-order valence-corrected chi connectivity index (χ0v) is 3.97. The summed E-state index contributed by atoms with van der Waals surface area (Å²) in [5.41, 5.74) is 2.52. The van der Waals surface area contributed by atoms with Crippen molar-refractivity contribution >= 4 is 0 Å². The molecular weight excluding hydrogens is 94.0 g/mol. The van der Waals surface area contributed by atoms with Gasteiger partial charge in [-0.25, -0.2) is 0 Å². The summed E-state index contributed by atoms with van der Waals surface area (Å²) in [6, 6.07) is 0. The lowest BCUT2D eigenvalue weighted by atomic mass is 10.6. The molecule has 1 atom stereocenters. The van der Waals surface area contributed by atoms with Crippen LogP contribution in [0.3, 0.4) is 0 Å². The van der Waals surface area contributed by atoms with Gasteiger partial charge in [-0.2, -0.15) is 0 Å². The molecule has 0 aromatic rings. The Morgan fingerprint density at radius 2 is 2.86 bits per heavy atom. The van der Waals surface area contributed by atoms with Crippen molar-refractivity contribution in [1.82, 2.24) is 5.48 Å². The topological polar surface area (TPSA) is 30.5 Å². The summed E-state index contributed by atoms with van der Waals surface area (Å²) in [4.78, 5) is 4.54. The molecule has 1 radical (unpaired) electrons. The van der Waals surface area contributed by atoms with Crippen molar-refractivity contribution < 1.29 is 9.57 Å². The van der Waals surface area contributed by atoms with E-state index in [1.54, 1.807) is 7.11 Å². The second-order valence-electron chi connectivity index (χ2n) is 1.14. The van der Waals surface area contributed by atoms with Crippen molar-refractivity contribution in [2.24, 2.45) is 0 Å². The molecule has 1 heterocycles. The number of hydrogen-bond acceptors (Lipinski definition) is 3. The molecule has 0 bridgehead atoms. The summed E-state index contributed by atoms with van der Waals surface area (Å²) >= 11 is 0. The van der Waals surface area contributed by atoms with E-state index in [1.807, 2.05) is 0 Å². The molecule has 39 valence electrons. The predicted molar refractivity (Wildman–Crippen MR) is 22.8 cm³/mol. The molecule has 1 rings (SSSR count). The minimum atomic E-state index is -0.181. The minimum Gasteiger partial charge on any atom is -0.413 e. The molecule has 0 fully saturated rings. The number of hydroxylamine groups is 1. The first-order chi connectivity index (χ1) is 3.43. The van der Waals surface area contributed by atoms with Crippen molar-refractivity contribution in [2.75, 3.05) is 7.11 Å². The van der Waals surface area contributed by atoms with Gasteiger partial charge in [-0.05, 0) is 0 Å². The second-order valence-corrected chi connectivity index (χ2v) is 1.14. The Balaban J connectivity index is 2.28. The first kappa shape index (κ1) is 4.61. The molecule has 0 saturated carbocycles. The fraction of sp³-hybridized carbons (Fsp3) is 0.500. The smallest absolute Gasteiger partial charge is 0.169 e. The van der Waals surface area contributed by atoms with Crippen molar-refractivity contribution in [3.05, 3.63) is 12.3 Å². The van der Waals surface area contributed by atoms with Gasteiger partial charge >= 0.3 is 0 Å². The normalized spacial score (nSPS) is 27.9. The van der Waals surface area contributed by atoms with Crippen molar-refractivity contribution in [1.29, 1.82) is 0 Å². The van der Waals surface area contributed by atoms with E-state index in [2.05, 4.69) is 16.4 Å². The number of methoxy groups -OCH3 is 1. The number of nitrogens with one attached hydrogen (secondary N) is 1. The lowest BCUT2D eigenvalue weighted by molar-refractivity contribution is 0.0148. The van der Waals surface area contributed by atoms with Crippen molar-refractivity contribution in [2.45, 2.75) is 6.23 Å². The number of hydrogen-bond donors (Lipinski definition) is 1. The van der Waals surface area contributed by atoms with Gasteiger partial charge in [0.1, 0.15) is 6.26 Å². The maximum Gasteiger partial charge on any atom is 0.169 e. The van der Waals surface area contributed by atoms with Crippen LogP contribution in [0.15, 0.2) is 6.26 Å². The lowest BCUT2D eigenvalue weighted by Crippen LogP contribution is -2.22. The summed E-state index contributed by atoms with van der Waals surface area (Å²) < 4.78 is 4.73. The van der Waals surface area contributed by atoms with Crippen LogP contribution in [0.1, 0.15) is 0 Å². The fourth-order valence-electron chi connectivity index (χ4n) is 0.342. The molecule has 0 amide bonds. The third-order valence-electron chi connectivity index (χ3n) is 0.689. The second kappa shape index (κ2) is 1.95. The molecule has 1 N–H and O–H groups in total. The molecule has 3 heteroatoms. The van der Waals surface area contributed by atoms with Crippen molar-refractivity contribution in [3.8, 4) is 0 Å². The summed E-state index contributed by atoms with van der Waals surface area (Å²) in [5.74, 6) is 0. The van der Waals surface area contributed by atoms with E-state index in [0.717, 1.165) is 0 Å². The van der Waals surface area contributed by atoms with E-state index < -0.39 is 0 Å². The minimum absolute atomic E-state index is 0.181. The molecule has 7 heavy (non-hydrogen) atoms.